The zero-order valence-electron chi connectivity index (χ0n) is 11.8. The van der Waals surface area contributed by atoms with Crippen LogP contribution in [0.3, 0.4) is 0 Å². The molecule has 108 valence electrons. The molecular weight excluding hydrogens is 256 g/mol. The van der Waals surface area contributed by atoms with Crippen LogP contribution in [-0.4, -0.2) is 35.0 Å². The average Bonchev–Trinajstić information content (AvgIpc) is 2.41. The van der Waals surface area contributed by atoms with E-state index in [4.69, 9.17) is 5.73 Å². The molecule has 0 aromatic heterocycles. The smallest absolute Gasteiger partial charge is 0.311 e. The Kier molecular flexibility index (Phi) is 3.70. The first-order chi connectivity index (χ1) is 9.33. The SMILES string of the molecule is Cc1ccc(C(=O)N2CCCC(C)(C(=O)O)C2)cc1N. The van der Waals surface area contributed by atoms with E-state index in [2.05, 4.69) is 0 Å². The van der Waals surface area contributed by atoms with Gasteiger partial charge in [0.1, 0.15) is 0 Å². The lowest BCUT2D eigenvalue weighted by Crippen LogP contribution is -2.48. The lowest BCUT2D eigenvalue weighted by molar-refractivity contribution is -0.150. The Labute approximate surface area is 118 Å². The minimum absolute atomic E-state index is 0.149. The van der Waals surface area contributed by atoms with Gasteiger partial charge in [0, 0.05) is 24.3 Å². The molecule has 0 bridgehead atoms. The lowest BCUT2D eigenvalue weighted by Gasteiger charge is -2.37. The van der Waals surface area contributed by atoms with Crippen LogP contribution in [0.4, 0.5) is 5.69 Å². The van der Waals surface area contributed by atoms with Crippen molar-refractivity contribution in [3.8, 4) is 0 Å². The van der Waals surface area contributed by atoms with E-state index in [-0.39, 0.29) is 12.5 Å². The Morgan fingerprint density at radius 2 is 2.10 bits per heavy atom. The maximum Gasteiger partial charge on any atom is 0.311 e. The molecule has 2 rings (SSSR count). The number of hydrogen-bond acceptors (Lipinski definition) is 3. The van der Waals surface area contributed by atoms with Crippen molar-refractivity contribution in [2.45, 2.75) is 26.7 Å². The molecule has 1 unspecified atom stereocenters. The molecule has 1 fully saturated rings. The van der Waals surface area contributed by atoms with Gasteiger partial charge in [-0.05, 0) is 44.4 Å². The second-order valence-electron chi connectivity index (χ2n) is 5.77. The summed E-state index contributed by atoms with van der Waals surface area (Å²) in [5.74, 6) is -0.998. The molecule has 1 saturated heterocycles. The number of carbonyl (C=O) groups is 2. The monoisotopic (exact) mass is 276 g/mol. The number of aryl methyl sites for hydroxylation is 1. The Morgan fingerprint density at radius 1 is 1.40 bits per heavy atom. The van der Waals surface area contributed by atoms with Gasteiger partial charge in [-0.3, -0.25) is 9.59 Å². The standard InChI is InChI=1S/C15H20N2O3/c1-10-4-5-11(8-12(10)16)13(18)17-7-3-6-15(2,9-17)14(19)20/h4-5,8H,3,6-7,9,16H2,1-2H3,(H,19,20). The van der Waals surface area contributed by atoms with Gasteiger partial charge in [-0.2, -0.15) is 0 Å². The van der Waals surface area contributed by atoms with Crippen molar-refractivity contribution >= 4 is 17.6 Å². The van der Waals surface area contributed by atoms with Gasteiger partial charge in [0.15, 0.2) is 0 Å². The first-order valence-corrected chi connectivity index (χ1v) is 6.72. The summed E-state index contributed by atoms with van der Waals surface area (Å²) < 4.78 is 0. The van der Waals surface area contributed by atoms with Gasteiger partial charge in [0.2, 0.25) is 0 Å². The third-order valence-electron chi connectivity index (χ3n) is 4.03. The number of piperidine rings is 1. The number of carbonyl (C=O) groups excluding carboxylic acids is 1. The molecule has 0 aliphatic carbocycles. The Hall–Kier alpha value is -2.04. The van der Waals surface area contributed by atoms with Crippen LogP contribution in [0.1, 0.15) is 35.7 Å². The molecule has 1 heterocycles. The second-order valence-corrected chi connectivity index (χ2v) is 5.77. The third-order valence-corrected chi connectivity index (χ3v) is 4.03. The van der Waals surface area contributed by atoms with E-state index in [1.54, 1.807) is 24.0 Å². The van der Waals surface area contributed by atoms with Gasteiger partial charge in [-0.15, -0.1) is 0 Å². The van der Waals surface area contributed by atoms with Crippen molar-refractivity contribution in [1.82, 2.24) is 4.90 Å². The highest BCUT2D eigenvalue weighted by molar-refractivity contribution is 5.95. The lowest BCUT2D eigenvalue weighted by atomic mass is 9.82. The molecule has 1 aliphatic heterocycles. The number of nitrogens with two attached hydrogens (primary N) is 1. The number of rotatable bonds is 2. The largest absolute Gasteiger partial charge is 0.481 e. The van der Waals surface area contributed by atoms with Crippen LogP contribution in [0.2, 0.25) is 0 Å². The number of hydrogen-bond donors (Lipinski definition) is 2. The van der Waals surface area contributed by atoms with Crippen molar-refractivity contribution < 1.29 is 14.7 Å². The Balaban J connectivity index is 2.20. The fourth-order valence-electron chi connectivity index (χ4n) is 2.54. The topological polar surface area (TPSA) is 83.6 Å². The zero-order valence-corrected chi connectivity index (χ0v) is 11.8. The first-order valence-electron chi connectivity index (χ1n) is 6.72. The number of amides is 1. The van der Waals surface area contributed by atoms with Gasteiger partial charge in [0.25, 0.3) is 5.91 Å². The molecule has 0 radical (unpaired) electrons. The van der Waals surface area contributed by atoms with Crippen LogP contribution in [0.25, 0.3) is 0 Å². The van der Waals surface area contributed by atoms with E-state index in [9.17, 15) is 14.7 Å². The molecule has 1 aromatic rings. The van der Waals surface area contributed by atoms with E-state index < -0.39 is 11.4 Å². The number of likely N-dealkylation sites (tertiary alicyclic amines) is 1. The number of carboxylic acid groups (broad SMARTS) is 1. The molecular formula is C15H20N2O3. The number of aliphatic carboxylic acids is 1. The van der Waals surface area contributed by atoms with Crippen LogP contribution < -0.4 is 5.73 Å². The first kappa shape index (κ1) is 14.4. The minimum Gasteiger partial charge on any atom is -0.481 e. The summed E-state index contributed by atoms with van der Waals surface area (Å²) in [6.45, 7) is 4.41. The maximum absolute atomic E-state index is 12.5. The summed E-state index contributed by atoms with van der Waals surface area (Å²) in [6.07, 6.45) is 1.30. The van der Waals surface area contributed by atoms with Crippen molar-refractivity contribution in [3.05, 3.63) is 29.3 Å². The van der Waals surface area contributed by atoms with Gasteiger partial charge >= 0.3 is 5.97 Å². The summed E-state index contributed by atoms with van der Waals surface area (Å²) in [7, 11) is 0. The Bertz CT molecular complexity index is 556. The molecule has 0 saturated carbocycles. The fraction of sp³-hybridized carbons (Fsp3) is 0.467. The quantitative estimate of drug-likeness (QED) is 0.808. The molecule has 1 aliphatic rings. The van der Waals surface area contributed by atoms with Crippen LogP contribution in [0, 0.1) is 12.3 Å². The number of nitrogen functional groups attached to an aromatic ring is 1. The van der Waals surface area contributed by atoms with Crippen molar-refractivity contribution in [2.24, 2.45) is 5.41 Å². The number of carboxylic acids is 1. The van der Waals surface area contributed by atoms with Gasteiger partial charge in [0.05, 0.1) is 5.41 Å². The van der Waals surface area contributed by atoms with Crippen molar-refractivity contribution in [2.75, 3.05) is 18.8 Å². The van der Waals surface area contributed by atoms with Gasteiger partial charge in [-0.1, -0.05) is 6.07 Å². The summed E-state index contributed by atoms with van der Waals surface area (Å²) in [5, 5.41) is 9.29. The molecule has 1 amide bonds. The molecule has 1 aromatic carbocycles. The normalized spacial score (nSPS) is 22.6. The zero-order chi connectivity index (χ0) is 14.9. The van der Waals surface area contributed by atoms with Crippen LogP contribution in [0.5, 0.6) is 0 Å². The van der Waals surface area contributed by atoms with E-state index in [0.29, 0.717) is 30.6 Å². The van der Waals surface area contributed by atoms with E-state index in [0.717, 1.165) is 5.56 Å². The maximum atomic E-state index is 12.5. The third kappa shape index (κ3) is 2.61. The highest BCUT2D eigenvalue weighted by Crippen LogP contribution is 2.30. The molecule has 0 spiro atoms. The second kappa shape index (κ2) is 5.15. The average molecular weight is 276 g/mol. The number of anilines is 1. The predicted octanol–water partition coefficient (Wildman–Crippen LogP) is 1.90. The number of benzene rings is 1. The Morgan fingerprint density at radius 3 is 2.70 bits per heavy atom. The van der Waals surface area contributed by atoms with E-state index in [1.165, 1.54) is 0 Å². The van der Waals surface area contributed by atoms with Crippen LogP contribution >= 0.6 is 0 Å². The molecule has 5 nitrogen and oxygen atoms in total. The molecule has 20 heavy (non-hydrogen) atoms. The highest BCUT2D eigenvalue weighted by atomic mass is 16.4. The highest BCUT2D eigenvalue weighted by Gasteiger charge is 2.39. The fourth-order valence-corrected chi connectivity index (χ4v) is 2.54. The van der Waals surface area contributed by atoms with Crippen LogP contribution in [0.15, 0.2) is 18.2 Å². The molecule has 5 heteroatoms. The van der Waals surface area contributed by atoms with Gasteiger partial charge < -0.3 is 15.7 Å². The van der Waals surface area contributed by atoms with Crippen LogP contribution in [-0.2, 0) is 4.79 Å². The minimum atomic E-state index is -0.857. The molecule has 3 N–H and O–H groups in total. The van der Waals surface area contributed by atoms with E-state index in [1.807, 2.05) is 13.0 Å². The summed E-state index contributed by atoms with van der Waals surface area (Å²) in [5.41, 5.74) is 6.99. The summed E-state index contributed by atoms with van der Waals surface area (Å²) >= 11 is 0. The van der Waals surface area contributed by atoms with E-state index >= 15 is 0 Å². The summed E-state index contributed by atoms with van der Waals surface area (Å²) in [4.78, 5) is 25.4. The molecule has 1 atom stereocenters. The van der Waals surface area contributed by atoms with Gasteiger partial charge in [-0.25, -0.2) is 0 Å². The summed E-state index contributed by atoms with van der Waals surface area (Å²) in [6, 6.07) is 5.20. The van der Waals surface area contributed by atoms with Crippen molar-refractivity contribution in [3.63, 3.8) is 0 Å². The van der Waals surface area contributed by atoms with Crippen molar-refractivity contribution in [1.29, 1.82) is 0 Å². The number of nitrogens with zero attached hydrogens (tertiary/aromatic N) is 1. The predicted molar refractivity (Wildman–Crippen MR) is 76.5 cm³/mol.